The number of nitrogens with one attached hydrogen (secondary N) is 1. The normalized spacial score (nSPS) is 20.9. The fourth-order valence-corrected chi connectivity index (χ4v) is 4.00. The van der Waals surface area contributed by atoms with E-state index in [9.17, 15) is 9.59 Å². The number of benzene rings is 1. The summed E-state index contributed by atoms with van der Waals surface area (Å²) in [6, 6.07) is 5.61. The first-order valence-corrected chi connectivity index (χ1v) is 9.05. The van der Waals surface area contributed by atoms with Crippen molar-refractivity contribution in [3.63, 3.8) is 0 Å². The van der Waals surface area contributed by atoms with Crippen molar-refractivity contribution in [2.75, 3.05) is 13.7 Å². The van der Waals surface area contributed by atoms with Gasteiger partial charge in [0.15, 0.2) is 5.69 Å². The summed E-state index contributed by atoms with van der Waals surface area (Å²) in [4.78, 5) is 32.2. The van der Waals surface area contributed by atoms with E-state index in [4.69, 9.17) is 4.74 Å². The number of amides is 2. The Balaban J connectivity index is 1.68. The highest BCUT2D eigenvalue weighted by Gasteiger charge is 2.40. The van der Waals surface area contributed by atoms with Gasteiger partial charge in [0.1, 0.15) is 12.1 Å². The molecule has 1 atom stereocenters. The first-order chi connectivity index (χ1) is 12.7. The van der Waals surface area contributed by atoms with Crippen molar-refractivity contribution in [1.82, 2.24) is 19.8 Å². The molecular weight excluding hydrogens is 332 g/mol. The molecule has 0 spiro atoms. The van der Waals surface area contributed by atoms with Crippen LogP contribution >= 0.6 is 0 Å². The smallest absolute Gasteiger partial charge is 0.272 e. The summed E-state index contributed by atoms with van der Waals surface area (Å²) in [5.74, 6) is 0.485. The van der Waals surface area contributed by atoms with Crippen LogP contribution in [0.2, 0.25) is 0 Å². The molecule has 2 amide bonds. The molecule has 134 valence electrons. The number of carbonyl (C=O) groups is 2. The fourth-order valence-electron chi connectivity index (χ4n) is 4.00. The topological polar surface area (TPSA) is 76.5 Å². The lowest BCUT2D eigenvalue weighted by molar-refractivity contribution is 0.0734. The average molecular weight is 352 g/mol. The van der Waals surface area contributed by atoms with E-state index < -0.39 is 0 Å². The molecule has 26 heavy (non-hydrogen) atoms. The van der Waals surface area contributed by atoms with Crippen LogP contribution in [0.4, 0.5) is 0 Å². The molecule has 5 rings (SSSR count). The summed E-state index contributed by atoms with van der Waals surface area (Å²) in [6.45, 7) is 0.689. The molecule has 0 radical (unpaired) electrons. The second-order valence-electron chi connectivity index (χ2n) is 7.14. The van der Waals surface area contributed by atoms with Crippen molar-refractivity contribution < 1.29 is 14.3 Å². The highest BCUT2D eigenvalue weighted by molar-refractivity contribution is 6.00. The molecule has 2 fully saturated rings. The minimum Gasteiger partial charge on any atom is -0.497 e. The monoisotopic (exact) mass is 352 g/mol. The molecule has 7 heteroatoms. The molecule has 1 saturated carbocycles. The zero-order valence-corrected chi connectivity index (χ0v) is 14.6. The van der Waals surface area contributed by atoms with Crippen molar-refractivity contribution in [1.29, 1.82) is 0 Å². The van der Waals surface area contributed by atoms with E-state index in [1.54, 1.807) is 19.5 Å². The highest BCUT2D eigenvalue weighted by Crippen LogP contribution is 2.40. The van der Waals surface area contributed by atoms with Gasteiger partial charge >= 0.3 is 0 Å². The van der Waals surface area contributed by atoms with Crippen LogP contribution in [-0.2, 0) is 0 Å². The van der Waals surface area contributed by atoms with Crippen LogP contribution in [0, 0.1) is 0 Å². The van der Waals surface area contributed by atoms with Gasteiger partial charge in [0, 0.05) is 12.6 Å². The Kier molecular flexibility index (Phi) is 3.32. The minimum absolute atomic E-state index is 0.0151. The molecule has 1 aromatic carbocycles. The molecule has 0 bridgehead atoms. The van der Waals surface area contributed by atoms with E-state index in [0.29, 0.717) is 23.6 Å². The van der Waals surface area contributed by atoms with Crippen LogP contribution < -0.4 is 10.1 Å². The third kappa shape index (κ3) is 2.23. The Hall–Kier alpha value is -2.83. The van der Waals surface area contributed by atoms with Crippen molar-refractivity contribution in [3.8, 4) is 11.4 Å². The maximum atomic E-state index is 13.2. The number of hydrogen-bond donors (Lipinski definition) is 1. The summed E-state index contributed by atoms with van der Waals surface area (Å²) in [7, 11) is 1.59. The van der Waals surface area contributed by atoms with Crippen LogP contribution in [0.5, 0.6) is 5.75 Å². The lowest BCUT2D eigenvalue weighted by atomic mass is 10.1. The molecule has 1 N–H and O–H groups in total. The third-order valence-corrected chi connectivity index (χ3v) is 5.46. The van der Waals surface area contributed by atoms with Crippen LogP contribution in [0.25, 0.3) is 5.69 Å². The summed E-state index contributed by atoms with van der Waals surface area (Å²) < 4.78 is 7.21. The Morgan fingerprint density at radius 2 is 2.15 bits per heavy atom. The zero-order chi connectivity index (χ0) is 17.8. The number of fused-ring (bicyclic) bond motifs is 5. The van der Waals surface area contributed by atoms with Gasteiger partial charge in [0.25, 0.3) is 11.8 Å². The van der Waals surface area contributed by atoms with Crippen LogP contribution in [0.3, 0.4) is 0 Å². The standard InChI is InChI=1S/C19H20N4O3/c1-26-12-6-7-14-13(9-12)19(25)22-8-2-3-15(22)17-16(20-10-23(14)17)18(24)21-11-4-5-11/h6-7,9-11,15H,2-5,8H2,1H3,(H,21,24). The molecule has 1 aliphatic carbocycles. The number of ether oxygens (including phenoxy) is 1. The van der Waals surface area contributed by atoms with Gasteiger partial charge in [-0.3, -0.25) is 14.2 Å². The zero-order valence-electron chi connectivity index (χ0n) is 14.6. The number of rotatable bonds is 3. The quantitative estimate of drug-likeness (QED) is 0.917. The van der Waals surface area contributed by atoms with E-state index in [0.717, 1.165) is 37.1 Å². The van der Waals surface area contributed by atoms with E-state index in [-0.39, 0.29) is 23.9 Å². The number of nitrogens with zero attached hydrogens (tertiary/aromatic N) is 3. The number of imidazole rings is 1. The fraction of sp³-hybridized carbons (Fsp3) is 0.421. The van der Waals surface area contributed by atoms with Crippen molar-refractivity contribution in [2.24, 2.45) is 0 Å². The molecule has 7 nitrogen and oxygen atoms in total. The van der Waals surface area contributed by atoms with E-state index in [1.165, 1.54) is 0 Å². The summed E-state index contributed by atoms with van der Waals surface area (Å²) in [5.41, 5.74) is 2.59. The second kappa shape index (κ2) is 5.59. The molecule has 3 heterocycles. The van der Waals surface area contributed by atoms with Crippen LogP contribution in [0.15, 0.2) is 24.5 Å². The average Bonchev–Trinajstić information content (AvgIpc) is 3.19. The minimum atomic E-state index is -0.141. The number of carbonyl (C=O) groups excluding carboxylic acids is 2. The molecule has 1 aromatic heterocycles. The van der Waals surface area contributed by atoms with Crippen molar-refractivity contribution in [2.45, 2.75) is 37.8 Å². The predicted octanol–water partition coefficient (Wildman–Crippen LogP) is 2.06. The van der Waals surface area contributed by atoms with Gasteiger partial charge < -0.3 is 15.0 Å². The molecule has 1 unspecified atom stereocenters. The second-order valence-corrected chi connectivity index (χ2v) is 7.14. The summed E-state index contributed by atoms with van der Waals surface area (Å²) >= 11 is 0. The maximum absolute atomic E-state index is 13.2. The Morgan fingerprint density at radius 1 is 1.31 bits per heavy atom. The molecule has 2 aliphatic heterocycles. The van der Waals surface area contributed by atoms with Gasteiger partial charge in [-0.25, -0.2) is 4.98 Å². The first kappa shape index (κ1) is 15.4. The SMILES string of the molecule is COc1ccc2c(c1)C(=O)N1CCCC1c1c(C(=O)NC3CC3)ncn1-2. The first-order valence-electron chi connectivity index (χ1n) is 9.05. The van der Waals surface area contributed by atoms with Gasteiger partial charge in [0.2, 0.25) is 0 Å². The number of hydrogen-bond acceptors (Lipinski definition) is 4. The van der Waals surface area contributed by atoms with Gasteiger partial charge in [-0.15, -0.1) is 0 Å². The highest BCUT2D eigenvalue weighted by atomic mass is 16.5. The van der Waals surface area contributed by atoms with Crippen molar-refractivity contribution >= 4 is 11.8 Å². The maximum Gasteiger partial charge on any atom is 0.272 e. The molecule has 2 aromatic rings. The predicted molar refractivity (Wildman–Crippen MR) is 93.6 cm³/mol. The number of methoxy groups -OCH3 is 1. The van der Waals surface area contributed by atoms with Crippen LogP contribution in [0.1, 0.15) is 58.3 Å². The summed E-state index contributed by atoms with van der Waals surface area (Å²) in [6.07, 6.45) is 5.48. The molecular formula is C19H20N4O3. The van der Waals surface area contributed by atoms with Gasteiger partial charge in [0.05, 0.1) is 30.1 Å². The molecule has 1 saturated heterocycles. The largest absolute Gasteiger partial charge is 0.497 e. The Bertz CT molecular complexity index is 916. The van der Waals surface area contributed by atoms with E-state index in [1.807, 2.05) is 21.6 Å². The summed E-state index contributed by atoms with van der Waals surface area (Å²) in [5, 5.41) is 3.02. The lowest BCUT2D eigenvalue weighted by Crippen LogP contribution is -2.32. The molecule has 3 aliphatic rings. The number of aromatic nitrogens is 2. The van der Waals surface area contributed by atoms with Gasteiger partial charge in [-0.05, 0) is 43.9 Å². The lowest BCUT2D eigenvalue weighted by Gasteiger charge is -2.23. The van der Waals surface area contributed by atoms with Crippen LogP contribution in [-0.4, -0.2) is 46.0 Å². The Morgan fingerprint density at radius 3 is 2.92 bits per heavy atom. The van der Waals surface area contributed by atoms with Crippen molar-refractivity contribution in [3.05, 3.63) is 41.5 Å². The van der Waals surface area contributed by atoms with E-state index >= 15 is 0 Å². The Labute approximate surface area is 151 Å². The van der Waals surface area contributed by atoms with Gasteiger partial charge in [-0.1, -0.05) is 0 Å². The van der Waals surface area contributed by atoms with E-state index in [2.05, 4.69) is 10.3 Å². The van der Waals surface area contributed by atoms with Gasteiger partial charge in [-0.2, -0.15) is 0 Å². The third-order valence-electron chi connectivity index (χ3n) is 5.46.